The van der Waals surface area contributed by atoms with Crippen LogP contribution in [0.4, 0.5) is 5.69 Å². The van der Waals surface area contributed by atoms with Gasteiger partial charge in [0.1, 0.15) is 0 Å². The van der Waals surface area contributed by atoms with E-state index in [1.54, 1.807) is 0 Å². The Hall–Kier alpha value is -2.61. The van der Waals surface area contributed by atoms with Crippen LogP contribution in [-0.2, 0) is 0 Å². The summed E-state index contributed by atoms with van der Waals surface area (Å²) in [5.74, 6) is 0.333. The third-order valence-corrected chi connectivity index (χ3v) is 8.40. The number of benzene rings is 2. The SMILES string of the molecule is [C-]#[N+]c1ccc2c(C(CCNC3CCC(N)CC3)c3cccc(C)c3)cn(C3CCCCC3)c2c1. The molecule has 2 fully saturated rings. The number of aromatic nitrogens is 1. The van der Waals surface area contributed by atoms with Crippen LogP contribution in [0.1, 0.15) is 92.9 Å². The zero-order chi connectivity index (χ0) is 24.2. The third kappa shape index (κ3) is 5.47. The Balaban J connectivity index is 1.49. The zero-order valence-electron chi connectivity index (χ0n) is 21.2. The molecule has 0 saturated heterocycles. The Bertz CT molecular complexity index is 1170. The van der Waals surface area contributed by atoms with Crippen molar-refractivity contribution in [2.24, 2.45) is 5.73 Å². The van der Waals surface area contributed by atoms with Crippen molar-refractivity contribution in [3.63, 3.8) is 0 Å². The first-order valence-electron chi connectivity index (χ1n) is 13.7. The highest BCUT2D eigenvalue weighted by atomic mass is 15.0. The number of nitrogens with one attached hydrogen (secondary N) is 1. The lowest BCUT2D eigenvalue weighted by Gasteiger charge is -2.28. The molecule has 2 aliphatic carbocycles. The number of nitrogens with zero attached hydrogens (tertiary/aromatic N) is 2. The van der Waals surface area contributed by atoms with Crippen LogP contribution in [0.2, 0.25) is 0 Å². The molecule has 2 aliphatic rings. The minimum atomic E-state index is 0.333. The van der Waals surface area contributed by atoms with Crippen molar-refractivity contribution in [3.05, 3.63) is 76.8 Å². The summed E-state index contributed by atoms with van der Waals surface area (Å²) in [5, 5.41) is 5.18. The van der Waals surface area contributed by atoms with E-state index < -0.39 is 0 Å². The van der Waals surface area contributed by atoms with Crippen LogP contribution in [0.15, 0.2) is 48.7 Å². The summed E-state index contributed by atoms with van der Waals surface area (Å²) < 4.78 is 2.53. The van der Waals surface area contributed by atoms with E-state index in [1.165, 1.54) is 72.5 Å². The van der Waals surface area contributed by atoms with Gasteiger partial charge in [-0.3, -0.25) is 0 Å². The van der Waals surface area contributed by atoms with Crippen molar-refractivity contribution in [2.45, 2.75) is 95.2 Å². The van der Waals surface area contributed by atoms with Gasteiger partial charge in [-0.05, 0) is 75.6 Å². The smallest absolute Gasteiger partial charge is 0.189 e. The lowest BCUT2D eigenvalue weighted by atomic mass is 9.87. The Morgan fingerprint density at radius 3 is 2.57 bits per heavy atom. The minimum absolute atomic E-state index is 0.333. The molecule has 0 amide bonds. The van der Waals surface area contributed by atoms with E-state index in [2.05, 4.69) is 64.2 Å². The molecule has 5 rings (SSSR count). The molecule has 4 nitrogen and oxygen atoms in total. The average Bonchev–Trinajstić information content (AvgIpc) is 3.26. The van der Waals surface area contributed by atoms with E-state index >= 15 is 0 Å². The van der Waals surface area contributed by atoms with Crippen molar-refractivity contribution >= 4 is 16.6 Å². The van der Waals surface area contributed by atoms with Gasteiger partial charge < -0.3 is 15.6 Å². The van der Waals surface area contributed by atoms with Gasteiger partial charge in [-0.2, -0.15) is 0 Å². The number of hydrogen-bond acceptors (Lipinski definition) is 2. The Labute approximate surface area is 210 Å². The van der Waals surface area contributed by atoms with Crippen molar-refractivity contribution in [1.29, 1.82) is 0 Å². The van der Waals surface area contributed by atoms with Crippen LogP contribution >= 0.6 is 0 Å². The Kier molecular flexibility index (Phi) is 7.56. The molecule has 0 bridgehead atoms. The largest absolute Gasteiger partial charge is 0.345 e. The summed E-state index contributed by atoms with van der Waals surface area (Å²) in [7, 11) is 0. The van der Waals surface area contributed by atoms with Crippen LogP contribution in [-0.4, -0.2) is 23.2 Å². The second-order valence-corrected chi connectivity index (χ2v) is 10.9. The first kappa shape index (κ1) is 24.1. The predicted molar refractivity (Wildman–Crippen MR) is 146 cm³/mol. The van der Waals surface area contributed by atoms with E-state index in [0.717, 1.165) is 31.5 Å². The quantitative estimate of drug-likeness (QED) is 0.355. The van der Waals surface area contributed by atoms with E-state index in [4.69, 9.17) is 12.3 Å². The van der Waals surface area contributed by atoms with Gasteiger partial charge >= 0.3 is 0 Å². The highest BCUT2D eigenvalue weighted by Gasteiger charge is 2.25. The molecule has 35 heavy (non-hydrogen) atoms. The summed E-state index contributed by atoms with van der Waals surface area (Å²) in [6.07, 6.45) is 14.6. The second kappa shape index (κ2) is 11.0. The lowest BCUT2D eigenvalue weighted by Crippen LogP contribution is -2.38. The van der Waals surface area contributed by atoms with Crippen LogP contribution in [0.3, 0.4) is 0 Å². The zero-order valence-corrected chi connectivity index (χ0v) is 21.2. The molecule has 0 radical (unpaired) electrons. The fraction of sp³-hybridized carbons (Fsp3) is 0.516. The Morgan fingerprint density at radius 1 is 1.03 bits per heavy atom. The first-order chi connectivity index (χ1) is 17.1. The summed E-state index contributed by atoms with van der Waals surface area (Å²) in [5.41, 5.74) is 12.2. The van der Waals surface area contributed by atoms with Crippen molar-refractivity contribution in [3.8, 4) is 0 Å². The van der Waals surface area contributed by atoms with Crippen LogP contribution in [0.25, 0.3) is 15.7 Å². The summed E-state index contributed by atoms with van der Waals surface area (Å²) in [6.45, 7) is 10.8. The van der Waals surface area contributed by atoms with E-state index in [1.807, 2.05) is 6.07 Å². The molecule has 1 heterocycles. The first-order valence-corrected chi connectivity index (χ1v) is 13.7. The minimum Gasteiger partial charge on any atom is -0.345 e. The summed E-state index contributed by atoms with van der Waals surface area (Å²) in [4.78, 5) is 3.76. The average molecular weight is 469 g/mol. The van der Waals surface area contributed by atoms with Crippen LogP contribution in [0, 0.1) is 13.5 Å². The maximum Gasteiger partial charge on any atom is 0.189 e. The predicted octanol–water partition coefficient (Wildman–Crippen LogP) is 7.39. The molecule has 3 aromatic rings. The second-order valence-electron chi connectivity index (χ2n) is 10.9. The number of fused-ring (bicyclic) bond motifs is 1. The maximum absolute atomic E-state index is 7.58. The van der Waals surface area contributed by atoms with E-state index in [0.29, 0.717) is 24.0 Å². The van der Waals surface area contributed by atoms with Crippen molar-refractivity contribution < 1.29 is 0 Å². The molecule has 1 aromatic heterocycles. The molecule has 0 spiro atoms. The fourth-order valence-electron chi connectivity index (χ4n) is 6.42. The molecule has 4 heteroatoms. The molecule has 1 atom stereocenters. The molecule has 2 saturated carbocycles. The van der Waals surface area contributed by atoms with Gasteiger partial charge in [0, 0.05) is 41.1 Å². The molecule has 3 N–H and O–H groups in total. The topological polar surface area (TPSA) is 47.3 Å². The van der Waals surface area contributed by atoms with Gasteiger partial charge in [0.05, 0.1) is 6.57 Å². The third-order valence-electron chi connectivity index (χ3n) is 8.40. The number of nitrogens with two attached hydrogens (primary N) is 1. The number of rotatable bonds is 7. The molecular weight excluding hydrogens is 428 g/mol. The van der Waals surface area contributed by atoms with E-state index in [9.17, 15) is 0 Å². The monoisotopic (exact) mass is 468 g/mol. The lowest BCUT2D eigenvalue weighted by molar-refractivity contribution is 0.340. The van der Waals surface area contributed by atoms with Gasteiger partial charge in [-0.25, -0.2) is 4.85 Å². The summed E-state index contributed by atoms with van der Waals surface area (Å²) >= 11 is 0. The number of aryl methyl sites for hydroxylation is 1. The molecule has 0 aliphatic heterocycles. The molecule has 1 unspecified atom stereocenters. The van der Waals surface area contributed by atoms with Crippen molar-refractivity contribution in [1.82, 2.24) is 9.88 Å². The highest BCUT2D eigenvalue weighted by Crippen LogP contribution is 2.40. The normalized spacial score (nSPS) is 22.2. The standard InChI is InChI=1S/C31H40N4/c1-22-7-6-8-23(19-22)28(17-18-34-25-13-11-24(32)12-14-25)30-21-35(27-9-4-3-5-10-27)31-20-26(33-2)15-16-29(30)31/h6-8,15-16,19-21,24-25,27-28,34H,3-5,9-14,17-18,32H2,1H3. The van der Waals surface area contributed by atoms with Gasteiger partial charge in [-0.15, -0.1) is 0 Å². The van der Waals surface area contributed by atoms with Gasteiger partial charge in [0.15, 0.2) is 5.69 Å². The number of hydrogen-bond donors (Lipinski definition) is 2. The Morgan fingerprint density at radius 2 is 1.83 bits per heavy atom. The van der Waals surface area contributed by atoms with Gasteiger partial charge in [0.25, 0.3) is 0 Å². The van der Waals surface area contributed by atoms with Crippen LogP contribution < -0.4 is 11.1 Å². The van der Waals surface area contributed by atoms with Crippen molar-refractivity contribution in [2.75, 3.05) is 6.54 Å². The van der Waals surface area contributed by atoms with Crippen LogP contribution in [0.5, 0.6) is 0 Å². The van der Waals surface area contributed by atoms with E-state index in [-0.39, 0.29) is 0 Å². The summed E-state index contributed by atoms with van der Waals surface area (Å²) in [6, 6.07) is 16.9. The maximum atomic E-state index is 7.58. The fourth-order valence-corrected chi connectivity index (χ4v) is 6.42. The van der Waals surface area contributed by atoms with Gasteiger partial charge in [-0.1, -0.05) is 61.2 Å². The molecule has 184 valence electrons. The highest BCUT2D eigenvalue weighted by molar-refractivity contribution is 5.88. The molecular formula is C31H40N4. The van der Waals surface area contributed by atoms with Gasteiger partial charge in [0.2, 0.25) is 0 Å². The molecule has 2 aromatic carbocycles.